The van der Waals surface area contributed by atoms with Gasteiger partial charge in [-0.25, -0.2) is 0 Å². The normalized spacial score (nSPS) is 16.7. The number of nitrogens with one attached hydrogen (secondary N) is 1. The lowest BCUT2D eigenvalue weighted by atomic mass is 9.82. The van der Waals surface area contributed by atoms with E-state index in [4.69, 9.17) is 0 Å². The molecule has 1 N–H and O–H groups in total. The highest BCUT2D eigenvalue weighted by Crippen LogP contribution is 2.33. The van der Waals surface area contributed by atoms with Crippen LogP contribution in [0.25, 0.3) is 0 Å². The van der Waals surface area contributed by atoms with Gasteiger partial charge in [0, 0.05) is 5.54 Å². The van der Waals surface area contributed by atoms with E-state index in [9.17, 15) is 0 Å². The number of hydrogen-bond acceptors (Lipinski definition) is 2. The van der Waals surface area contributed by atoms with Crippen molar-refractivity contribution >= 4 is 0 Å². The van der Waals surface area contributed by atoms with Crippen molar-refractivity contribution in [2.75, 3.05) is 21.1 Å². The van der Waals surface area contributed by atoms with Gasteiger partial charge in [0.15, 0.2) is 0 Å². The second kappa shape index (κ2) is 5.85. The number of rotatable bonds is 5. The van der Waals surface area contributed by atoms with Gasteiger partial charge in [0.1, 0.15) is 0 Å². The molecular weight excluding hydrogens is 220 g/mol. The van der Waals surface area contributed by atoms with E-state index >= 15 is 0 Å². The Morgan fingerprint density at radius 1 is 1.17 bits per heavy atom. The predicted octanol–water partition coefficient (Wildman–Crippen LogP) is 3.29. The van der Waals surface area contributed by atoms with Crippen LogP contribution in [-0.2, 0) is 0 Å². The van der Waals surface area contributed by atoms with Gasteiger partial charge >= 0.3 is 0 Å². The Morgan fingerprint density at radius 2 is 1.67 bits per heavy atom. The Balaban J connectivity index is 3.23. The van der Waals surface area contributed by atoms with Crippen LogP contribution >= 0.6 is 0 Å². The van der Waals surface area contributed by atoms with Crippen LogP contribution in [0.5, 0.6) is 0 Å². The van der Waals surface area contributed by atoms with Crippen molar-refractivity contribution in [2.45, 2.75) is 45.7 Å². The van der Waals surface area contributed by atoms with Crippen molar-refractivity contribution in [1.82, 2.24) is 10.2 Å². The van der Waals surface area contributed by atoms with Crippen molar-refractivity contribution in [1.29, 1.82) is 0 Å². The first-order valence-electron chi connectivity index (χ1n) is 6.78. The molecule has 1 rings (SSSR count). The highest BCUT2D eigenvalue weighted by molar-refractivity contribution is 5.32. The SMILES string of the molecule is CCC(C)(C(NC)c1cc(C)cc(C)c1)N(C)C. The Kier molecular flexibility index (Phi) is 4.94. The summed E-state index contributed by atoms with van der Waals surface area (Å²) in [5.74, 6) is 0. The maximum atomic E-state index is 3.50. The fourth-order valence-electron chi connectivity index (χ4n) is 2.79. The third kappa shape index (κ3) is 2.93. The smallest absolute Gasteiger partial charge is 0.0501 e. The number of benzene rings is 1. The summed E-state index contributed by atoms with van der Waals surface area (Å²) in [6.45, 7) is 8.92. The molecule has 2 heteroatoms. The second-order valence-electron chi connectivity index (χ2n) is 5.75. The van der Waals surface area contributed by atoms with Gasteiger partial charge < -0.3 is 10.2 Å². The van der Waals surface area contributed by atoms with Crippen LogP contribution in [0.4, 0.5) is 0 Å². The zero-order chi connectivity index (χ0) is 13.9. The van der Waals surface area contributed by atoms with Crippen LogP contribution in [0.1, 0.15) is 43.0 Å². The quantitative estimate of drug-likeness (QED) is 0.860. The number of aryl methyl sites for hydroxylation is 2. The average molecular weight is 248 g/mol. The van der Waals surface area contributed by atoms with E-state index in [0.717, 1.165) is 6.42 Å². The molecule has 2 unspecified atom stereocenters. The van der Waals surface area contributed by atoms with Crippen molar-refractivity contribution in [2.24, 2.45) is 0 Å². The fourth-order valence-corrected chi connectivity index (χ4v) is 2.79. The van der Waals surface area contributed by atoms with E-state index in [0.29, 0.717) is 6.04 Å². The van der Waals surface area contributed by atoms with E-state index < -0.39 is 0 Å². The Morgan fingerprint density at radius 3 is 2.00 bits per heavy atom. The maximum Gasteiger partial charge on any atom is 0.0501 e. The molecule has 0 aliphatic heterocycles. The Hall–Kier alpha value is -0.860. The van der Waals surface area contributed by atoms with Gasteiger partial charge in [-0.3, -0.25) is 0 Å². The van der Waals surface area contributed by atoms with Gasteiger partial charge in [-0.05, 0) is 53.9 Å². The van der Waals surface area contributed by atoms with E-state index in [1.54, 1.807) is 0 Å². The first-order chi connectivity index (χ1) is 8.35. The molecule has 2 nitrogen and oxygen atoms in total. The fraction of sp³-hybridized carbons (Fsp3) is 0.625. The minimum absolute atomic E-state index is 0.120. The van der Waals surface area contributed by atoms with Crippen LogP contribution in [0.2, 0.25) is 0 Å². The van der Waals surface area contributed by atoms with Crippen LogP contribution in [0.15, 0.2) is 18.2 Å². The predicted molar refractivity (Wildman–Crippen MR) is 80.1 cm³/mol. The third-order valence-corrected chi connectivity index (χ3v) is 4.23. The summed E-state index contributed by atoms with van der Waals surface area (Å²) in [4.78, 5) is 2.33. The molecule has 0 saturated carbocycles. The topological polar surface area (TPSA) is 15.3 Å². The molecule has 0 spiro atoms. The molecule has 1 aromatic rings. The summed E-state index contributed by atoms with van der Waals surface area (Å²) in [5, 5.41) is 3.50. The standard InChI is InChI=1S/C16H28N2/c1-8-16(4,18(6)7)15(17-5)14-10-12(2)9-13(3)11-14/h9-11,15,17H,8H2,1-7H3. The van der Waals surface area contributed by atoms with E-state index in [-0.39, 0.29) is 5.54 Å². The van der Waals surface area contributed by atoms with E-state index in [2.05, 4.69) is 77.3 Å². The van der Waals surface area contributed by atoms with Gasteiger partial charge in [-0.1, -0.05) is 36.2 Å². The molecule has 0 saturated heterocycles. The number of nitrogens with zero attached hydrogens (tertiary/aromatic N) is 1. The van der Waals surface area contributed by atoms with Crippen molar-refractivity contribution in [3.8, 4) is 0 Å². The summed E-state index contributed by atoms with van der Waals surface area (Å²) < 4.78 is 0. The minimum Gasteiger partial charge on any atom is -0.311 e. The van der Waals surface area contributed by atoms with Crippen molar-refractivity contribution in [3.05, 3.63) is 34.9 Å². The van der Waals surface area contributed by atoms with Crippen molar-refractivity contribution in [3.63, 3.8) is 0 Å². The van der Waals surface area contributed by atoms with Gasteiger partial charge in [0.25, 0.3) is 0 Å². The van der Waals surface area contributed by atoms with Crippen LogP contribution < -0.4 is 5.32 Å². The minimum atomic E-state index is 0.120. The zero-order valence-corrected chi connectivity index (χ0v) is 13.0. The van der Waals surface area contributed by atoms with Crippen LogP contribution in [0, 0.1) is 13.8 Å². The molecule has 102 valence electrons. The largest absolute Gasteiger partial charge is 0.311 e. The molecule has 0 heterocycles. The highest BCUT2D eigenvalue weighted by Gasteiger charge is 2.34. The molecule has 0 bridgehead atoms. The van der Waals surface area contributed by atoms with Crippen LogP contribution in [-0.4, -0.2) is 31.6 Å². The molecule has 18 heavy (non-hydrogen) atoms. The Bertz CT molecular complexity index is 378. The Labute approximate surface area is 112 Å². The first-order valence-corrected chi connectivity index (χ1v) is 6.78. The monoisotopic (exact) mass is 248 g/mol. The summed E-state index contributed by atoms with van der Waals surface area (Å²) in [6.07, 6.45) is 1.11. The summed E-state index contributed by atoms with van der Waals surface area (Å²) >= 11 is 0. The molecule has 2 atom stereocenters. The molecule has 0 fully saturated rings. The van der Waals surface area contributed by atoms with Gasteiger partial charge in [0.2, 0.25) is 0 Å². The first kappa shape index (κ1) is 15.2. The molecule has 0 aromatic heterocycles. The van der Waals surface area contributed by atoms with E-state index in [1.807, 2.05) is 0 Å². The highest BCUT2D eigenvalue weighted by atomic mass is 15.2. The lowest BCUT2D eigenvalue weighted by Crippen LogP contribution is -2.50. The molecule has 0 amide bonds. The zero-order valence-electron chi connectivity index (χ0n) is 13.0. The van der Waals surface area contributed by atoms with Crippen molar-refractivity contribution < 1.29 is 0 Å². The number of hydrogen-bond donors (Lipinski definition) is 1. The van der Waals surface area contributed by atoms with Gasteiger partial charge in [0.05, 0.1) is 6.04 Å². The molecule has 1 aromatic carbocycles. The molecule has 0 radical (unpaired) electrons. The molecule has 0 aliphatic rings. The summed E-state index contributed by atoms with van der Waals surface area (Å²) in [5.41, 5.74) is 4.17. The average Bonchev–Trinajstić information content (AvgIpc) is 2.28. The maximum absolute atomic E-state index is 3.50. The second-order valence-corrected chi connectivity index (χ2v) is 5.75. The van der Waals surface area contributed by atoms with Gasteiger partial charge in [-0.15, -0.1) is 0 Å². The number of likely N-dealkylation sites (N-methyl/N-ethyl adjacent to an activating group) is 2. The summed E-state index contributed by atoms with van der Waals surface area (Å²) in [6, 6.07) is 7.17. The third-order valence-electron chi connectivity index (χ3n) is 4.23. The van der Waals surface area contributed by atoms with Crippen LogP contribution in [0.3, 0.4) is 0 Å². The summed E-state index contributed by atoms with van der Waals surface area (Å²) in [7, 11) is 6.38. The van der Waals surface area contributed by atoms with E-state index in [1.165, 1.54) is 16.7 Å². The molecular formula is C16H28N2. The van der Waals surface area contributed by atoms with Gasteiger partial charge in [-0.2, -0.15) is 0 Å². The lowest BCUT2D eigenvalue weighted by Gasteiger charge is -2.43. The molecule has 0 aliphatic carbocycles. The lowest BCUT2D eigenvalue weighted by molar-refractivity contribution is 0.117.